The van der Waals surface area contributed by atoms with Crippen molar-refractivity contribution in [3.05, 3.63) is 29.6 Å². The molecule has 0 aromatic heterocycles. The average molecular weight is 429 g/mol. The van der Waals surface area contributed by atoms with Crippen molar-refractivity contribution in [2.45, 2.75) is 61.4 Å². The standard InChI is InChI=1S/C20H26ClFN2O3S/c1-13-2-4-16(22)11-19(13)28(26)23-8-6-17(7-9-23)24-18-5-3-15(21)10-14(18)12-27-20(24)25/h2,4,11,14-15,17-18H,3,5-10,12H2,1H3/t14-,15?,18?,28?/m0/s1. The molecular formula is C20H26ClFN2O3S. The molecule has 4 rings (SSSR count). The summed E-state index contributed by atoms with van der Waals surface area (Å²) in [6.45, 7) is 3.51. The highest BCUT2D eigenvalue weighted by molar-refractivity contribution is 7.82. The molecular weight excluding hydrogens is 403 g/mol. The van der Waals surface area contributed by atoms with Crippen molar-refractivity contribution < 1.29 is 18.1 Å². The Morgan fingerprint density at radius 2 is 1.96 bits per heavy atom. The highest BCUT2D eigenvalue weighted by Gasteiger charge is 2.44. The zero-order chi connectivity index (χ0) is 19.8. The van der Waals surface area contributed by atoms with E-state index in [0.29, 0.717) is 30.5 Å². The number of alkyl halides is 1. The van der Waals surface area contributed by atoms with Crippen LogP contribution in [-0.2, 0) is 15.7 Å². The molecule has 0 spiro atoms. The number of carbonyl (C=O) groups excluding carboxylic acids is 1. The second-order valence-electron chi connectivity index (χ2n) is 8.04. The van der Waals surface area contributed by atoms with Gasteiger partial charge in [0.1, 0.15) is 16.8 Å². The van der Waals surface area contributed by atoms with Gasteiger partial charge in [0.2, 0.25) is 0 Å². The van der Waals surface area contributed by atoms with Gasteiger partial charge in [-0.3, -0.25) is 0 Å². The lowest BCUT2D eigenvalue weighted by atomic mass is 9.82. The minimum atomic E-state index is -1.39. The predicted octanol–water partition coefficient (Wildman–Crippen LogP) is 3.85. The van der Waals surface area contributed by atoms with Crippen molar-refractivity contribution in [3.8, 4) is 0 Å². The summed E-state index contributed by atoms with van der Waals surface area (Å²) in [5.41, 5.74) is 0.821. The molecule has 0 radical (unpaired) electrons. The number of aryl methyl sites for hydroxylation is 1. The van der Waals surface area contributed by atoms with Crippen LogP contribution >= 0.6 is 11.6 Å². The zero-order valence-corrected chi connectivity index (χ0v) is 17.6. The number of carbonyl (C=O) groups is 1. The molecule has 1 saturated carbocycles. The summed E-state index contributed by atoms with van der Waals surface area (Å²) in [7, 11) is -1.39. The van der Waals surface area contributed by atoms with E-state index in [9.17, 15) is 13.4 Å². The molecule has 3 fully saturated rings. The Morgan fingerprint density at radius 1 is 1.21 bits per heavy atom. The van der Waals surface area contributed by atoms with Gasteiger partial charge < -0.3 is 9.64 Å². The molecule has 3 aliphatic rings. The van der Waals surface area contributed by atoms with Gasteiger partial charge in [0.25, 0.3) is 0 Å². The average Bonchev–Trinajstić information content (AvgIpc) is 2.69. The third-order valence-corrected chi connectivity index (χ3v) is 8.30. The fraction of sp³-hybridized carbons (Fsp3) is 0.650. The predicted molar refractivity (Wildman–Crippen MR) is 106 cm³/mol. The Kier molecular flexibility index (Phi) is 5.95. The molecule has 1 amide bonds. The summed E-state index contributed by atoms with van der Waals surface area (Å²) in [6.07, 6.45) is 3.98. The molecule has 3 unspecified atom stereocenters. The summed E-state index contributed by atoms with van der Waals surface area (Å²) in [5, 5.41) is 0.165. The van der Waals surface area contributed by atoms with Crippen LogP contribution in [0.3, 0.4) is 0 Å². The van der Waals surface area contributed by atoms with Crippen LogP contribution in [0.2, 0.25) is 0 Å². The van der Waals surface area contributed by atoms with Crippen molar-refractivity contribution in [3.63, 3.8) is 0 Å². The van der Waals surface area contributed by atoms with E-state index < -0.39 is 11.0 Å². The number of ether oxygens (including phenoxy) is 1. The van der Waals surface area contributed by atoms with Gasteiger partial charge in [0.05, 0.1) is 11.5 Å². The number of hydrogen-bond donors (Lipinski definition) is 0. The Labute approximate surface area is 172 Å². The number of hydrogen-bond acceptors (Lipinski definition) is 3. The zero-order valence-electron chi connectivity index (χ0n) is 16.0. The third kappa shape index (κ3) is 3.94. The highest BCUT2D eigenvalue weighted by Crippen LogP contribution is 2.37. The monoisotopic (exact) mass is 428 g/mol. The lowest BCUT2D eigenvalue weighted by Crippen LogP contribution is -2.59. The van der Waals surface area contributed by atoms with Crippen molar-refractivity contribution in [2.24, 2.45) is 5.92 Å². The van der Waals surface area contributed by atoms with Gasteiger partial charge >= 0.3 is 6.09 Å². The maximum atomic E-state index is 13.6. The Hall–Kier alpha value is -1.18. The second-order valence-corrected chi connectivity index (χ2v) is 10.1. The molecule has 2 heterocycles. The van der Waals surface area contributed by atoms with Crippen LogP contribution in [0.25, 0.3) is 0 Å². The first-order chi connectivity index (χ1) is 13.4. The van der Waals surface area contributed by atoms with Gasteiger partial charge in [-0.25, -0.2) is 17.7 Å². The summed E-state index contributed by atoms with van der Waals surface area (Å²) in [6, 6.07) is 4.69. The number of cyclic esters (lactones) is 1. The molecule has 8 heteroatoms. The topological polar surface area (TPSA) is 49.9 Å². The highest BCUT2D eigenvalue weighted by atomic mass is 35.5. The molecule has 4 atom stereocenters. The first-order valence-corrected chi connectivity index (χ1v) is 11.5. The minimum Gasteiger partial charge on any atom is -0.449 e. The van der Waals surface area contributed by atoms with Crippen LogP contribution in [0.15, 0.2) is 23.1 Å². The van der Waals surface area contributed by atoms with E-state index in [0.717, 1.165) is 37.7 Å². The van der Waals surface area contributed by atoms with Gasteiger partial charge in [-0.2, -0.15) is 0 Å². The number of piperidine rings is 1. The number of benzene rings is 1. The molecule has 2 saturated heterocycles. The number of amides is 1. The third-order valence-electron chi connectivity index (χ3n) is 6.26. The fourth-order valence-electron chi connectivity index (χ4n) is 4.73. The molecule has 1 aromatic rings. The van der Waals surface area contributed by atoms with Crippen molar-refractivity contribution in [2.75, 3.05) is 19.7 Å². The van der Waals surface area contributed by atoms with Crippen LogP contribution in [-0.4, -0.2) is 56.7 Å². The molecule has 1 aliphatic carbocycles. The van der Waals surface area contributed by atoms with E-state index in [-0.39, 0.29) is 29.4 Å². The van der Waals surface area contributed by atoms with Gasteiger partial charge in [0, 0.05) is 36.5 Å². The first kappa shape index (κ1) is 20.1. The Balaban J connectivity index is 1.42. The maximum Gasteiger partial charge on any atom is 0.410 e. The van der Waals surface area contributed by atoms with E-state index in [1.807, 2.05) is 16.1 Å². The van der Waals surface area contributed by atoms with Crippen molar-refractivity contribution in [1.29, 1.82) is 0 Å². The van der Waals surface area contributed by atoms with Crippen molar-refractivity contribution >= 4 is 28.7 Å². The molecule has 28 heavy (non-hydrogen) atoms. The molecule has 2 aliphatic heterocycles. The quantitative estimate of drug-likeness (QED) is 0.687. The van der Waals surface area contributed by atoms with E-state index in [1.54, 1.807) is 6.07 Å². The number of rotatable bonds is 3. The number of fused-ring (bicyclic) bond motifs is 1. The maximum absolute atomic E-state index is 13.6. The fourth-order valence-corrected chi connectivity index (χ4v) is 6.46. The number of nitrogens with zero attached hydrogens (tertiary/aromatic N) is 2. The van der Waals surface area contributed by atoms with E-state index in [1.165, 1.54) is 12.1 Å². The molecule has 154 valence electrons. The summed E-state index contributed by atoms with van der Waals surface area (Å²) >= 11 is 6.32. The van der Waals surface area contributed by atoms with E-state index in [4.69, 9.17) is 16.3 Å². The minimum absolute atomic E-state index is 0.0917. The lowest BCUT2D eigenvalue weighted by Gasteiger charge is -2.49. The number of halogens is 2. The Morgan fingerprint density at radius 3 is 2.71 bits per heavy atom. The van der Waals surface area contributed by atoms with Gasteiger partial charge in [0.15, 0.2) is 0 Å². The normalized spacial score (nSPS) is 30.6. The molecule has 1 aromatic carbocycles. The summed E-state index contributed by atoms with van der Waals surface area (Å²) < 4.78 is 33.8. The van der Waals surface area contributed by atoms with Gasteiger partial charge in [-0.1, -0.05) is 6.07 Å². The second kappa shape index (κ2) is 8.28. The van der Waals surface area contributed by atoms with Gasteiger partial charge in [-0.15, -0.1) is 11.6 Å². The van der Waals surface area contributed by atoms with Crippen molar-refractivity contribution in [1.82, 2.24) is 9.21 Å². The summed E-state index contributed by atoms with van der Waals surface area (Å²) in [5.74, 6) is -0.0723. The van der Waals surface area contributed by atoms with Crippen LogP contribution in [0.1, 0.15) is 37.7 Å². The summed E-state index contributed by atoms with van der Waals surface area (Å²) in [4.78, 5) is 15.0. The van der Waals surface area contributed by atoms with Crippen LogP contribution in [0.5, 0.6) is 0 Å². The van der Waals surface area contributed by atoms with Gasteiger partial charge in [-0.05, 0) is 56.7 Å². The first-order valence-electron chi connectivity index (χ1n) is 9.96. The van der Waals surface area contributed by atoms with Crippen LogP contribution in [0, 0.1) is 18.7 Å². The van der Waals surface area contributed by atoms with Crippen LogP contribution < -0.4 is 0 Å². The lowest BCUT2D eigenvalue weighted by molar-refractivity contribution is -0.0330. The SMILES string of the molecule is Cc1ccc(F)cc1S(=O)N1CCC(N2C(=O)OC[C@@H]3CC(Cl)CCC32)CC1. The Bertz CT molecular complexity index is 772. The smallest absolute Gasteiger partial charge is 0.410 e. The largest absolute Gasteiger partial charge is 0.449 e. The van der Waals surface area contributed by atoms with E-state index in [2.05, 4.69) is 0 Å². The van der Waals surface area contributed by atoms with Crippen LogP contribution in [0.4, 0.5) is 9.18 Å². The molecule has 0 bridgehead atoms. The molecule has 0 N–H and O–H groups in total. The van der Waals surface area contributed by atoms with E-state index >= 15 is 0 Å². The molecule has 5 nitrogen and oxygen atoms in total.